The zero-order valence-corrected chi connectivity index (χ0v) is 15.8. The Morgan fingerprint density at radius 2 is 1.75 bits per heavy atom. The molecule has 0 saturated carbocycles. The van der Waals surface area contributed by atoms with Crippen LogP contribution in [0.25, 0.3) is 0 Å². The van der Waals surface area contributed by atoms with E-state index >= 15 is 0 Å². The van der Waals surface area contributed by atoms with E-state index in [0.29, 0.717) is 18.4 Å². The number of alkyl halides is 2. The van der Waals surface area contributed by atoms with E-state index in [0.717, 1.165) is 13.8 Å². The summed E-state index contributed by atoms with van der Waals surface area (Å²) in [4.78, 5) is 34.6. The van der Waals surface area contributed by atoms with E-state index in [9.17, 15) is 28.3 Å². The second kappa shape index (κ2) is 10.3. The third-order valence-corrected chi connectivity index (χ3v) is 3.82. The lowest BCUT2D eigenvalue weighted by molar-refractivity contribution is -0.138. The fourth-order valence-corrected chi connectivity index (χ4v) is 2.15. The number of Topliss-reactive ketones (excluding diaryl/α,β-unsaturated/α-hetero) is 2. The van der Waals surface area contributed by atoms with E-state index in [1.165, 1.54) is 31.2 Å². The lowest BCUT2D eigenvalue weighted by Crippen LogP contribution is -2.58. The van der Waals surface area contributed by atoms with Gasteiger partial charge in [-0.2, -0.15) is 0 Å². The van der Waals surface area contributed by atoms with Crippen molar-refractivity contribution in [1.82, 2.24) is 5.32 Å². The minimum Gasteiger partial charge on any atom is -0.382 e. The second-order valence-corrected chi connectivity index (χ2v) is 6.37. The molecule has 0 aliphatic rings. The maximum atomic E-state index is 13.0. The predicted octanol–water partition coefficient (Wildman–Crippen LogP) is 2.11. The van der Waals surface area contributed by atoms with E-state index in [1.54, 1.807) is 0 Å². The highest BCUT2D eigenvalue weighted by molar-refractivity contribution is 5.98. The van der Waals surface area contributed by atoms with Crippen LogP contribution in [0.1, 0.15) is 49.5 Å². The number of rotatable bonds is 7. The SMILES string of the molecule is CC(=O)CCC#CC#Cc1ccc(C(=O)N[C@H](C(C)=O)[C@](C)(O)C(F)F)cc1. The van der Waals surface area contributed by atoms with Crippen LogP contribution in [0.4, 0.5) is 8.78 Å². The van der Waals surface area contributed by atoms with Gasteiger partial charge in [-0.3, -0.25) is 14.4 Å². The average Bonchev–Trinajstić information content (AvgIpc) is 2.62. The first-order valence-electron chi connectivity index (χ1n) is 8.46. The van der Waals surface area contributed by atoms with E-state index < -0.39 is 29.8 Å². The van der Waals surface area contributed by atoms with Crippen molar-refractivity contribution < 1.29 is 28.3 Å². The van der Waals surface area contributed by atoms with Crippen molar-refractivity contribution in [3.63, 3.8) is 0 Å². The largest absolute Gasteiger partial charge is 0.382 e. The molecule has 1 rings (SSSR count). The van der Waals surface area contributed by atoms with Gasteiger partial charge in [0.2, 0.25) is 0 Å². The highest BCUT2D eigenvalue weighted by atomic mass is 19.3. The number of carbonyl (C=O) groups excluding carboxylic acids is 3. The number of hydrogen-bond donors (Lipinski definition) is 2. The molecule has 2 N–H and O–H groups in total. The summed E-state index contributed by atoms with van der Waals surface area (Å²) in [5.74, 6) is 9.24. The van der Waals surface area contributed by atoms with E-state index in [4.69, 9.17) is 0 Å². The molecule has 0 aromatic heterocycles. The van der Waals surface area contributed by atoms with Crippen LogP contribution >= 0.6 is 0 Å². The Balaban J connectivity index is 2.81. The molecular formula is C21H21F2NO4. The summed E-state index contributed by atoms with van der Waals surface area (Å²) in [6, 6.07) is 4.15. The smallest absolute Gasteiger partial charge is 0.269 e. The van der Waals surface area contributed by atoms with Crippen LogP contribution in [-0.4, -0.2) is 40.6 Å². The second-order valence-electron chi connectivity index (χ2n) is 6.37. The highest BCUT2D eigenvalue weighted by Crippen LogP contribution is 2.21. The Kier molecular flexibility index (Phi) is 8.50. The molecule has 0 unspecified atom stereocenters. The molecule has 0 aliphatic heterocycles. The zero-order valence-electron chi connectivity index (χ0n) is 15.8. The Hall–Kier alpha value is -3.03. The Labute approximate surface area is 162 Å². The number of nitrogens with one attached hydrogen (secondary N) is 1. The van der Waals surface area contributed by atoms with Gasteiger partial charge in [0.1, 0.15) is 17.4 Å². The van der Waals surface area contributed by atoms with Gasteiger partial charge >= 0.3 is 0 Å². The van der Waals surface area contributed by atoms with Gasteiger partial charge in [0.05, 0.1) is 0 Å². The summed E-state index contributed by atoms with van der Waals surface area (Å²) >= 11 is 0. The monoisotopic (exact) mass is 389 g/mol. The molecule has 7 heteroatoms. The molecule has 148 valence electrons. The number of amides is 1. The zero-order chi connectivity index (χ0) is 21.3. The minimum absolute atomic E-state index is 0.0539. The molecular weight excluding hydrogens is 368 g/mol. The maximum absolute atomic E-state index is 13.0. The molecule has 28 heavy (non-hydrogen) atoms. The van der Waals surface area contributed by atoms with Crippen LogP contribution < -0.4 is 5.32 Å². The Morgan fingerprint density at radius 1 is 1.14 bits per heavy atom. The summed E-state index contributed by atoms with van der Waals surface area (Å²) in [7, 11) is 0. The first kappa shape index (κ1) is 23.0. The van der Waals surface area contributed by atoms with Gasteiger partial charge in [-0.1, -0.05) is 11.8 Å². The van der Waals surface area contributed by atoms with Gasteiger partial charge in [-0.15, -0.1) is 0 Å². The predicted molar refractivity (Wildman–Crippen MR) is 99.6 cm³/mol. The summed E-state index contributed by atoms with van der Waals surface area (Å²) in [5, 5.41) is 12.0. The summed E-state index contributed by atoms with van der Waals surface area (Å²) in [5.41, 5.74) is -2.00. The quantitative estimate of drug-likeness (QED) is 0.700. The molecule has 1 aromatic rings. The number of aliphatic hydroxyl groups is 1. The van der Waals surface area contributed by atoms with Gasteiger partial charge in [-0.25, -0.2) is 8.78 Å². The fourth-order valence-electron chi connectivity index (χ4n) is 2.15. The average molecular weight is 389 g/mol. The molecule has 0 saturated heterocycles. The summed E-state index contributed by atoms with van der Waals surface area (Å²) in [6.45, 7) is 3.29. The van der Waals surface area contributed by atoms with Crippen molar-refractivity contribution in [1.29, 1.82) is 0 Å². The molecule has 5 nitrogen and oxygen atoms in total. The number of benzene rings is 1. The molecule has 1 amide bonds. The number of hydrogen-bond acceptors (Lipinski definition) is 4. The van der Waals surface area contributed by atoms with Gasteiger partial charge in [0, 0.05) is 24.0 Å². The topological polar surface area (TPSA) is 83.5 Å². The van der Waals surface area contributed by atoms with Gasteiger partial charge in [0.25, 0.3) is 12.3 Å². The maximum Gasteiger partial charge on any atom is 0.269 e. The van der Waals surface area contributed by atoms with E-state index in [1.807, 2.05) is 0 Å². The van der Waals surface area contributed by atoms with Crippen molar-refractivity contribution >= 4 is 17.5 Å². The van der Waals surface area contributed by atoms with Crippen molar-refractivity contribution in [2.75, 3.05) is 0 Å². The van der Waals surface area contributed by atoms with Crippen molar-refractivity contribution in [3.05, 3.63) is 35.4 Å². The van der Waals surface area contributed by atoms with E-state index in [-0.39, 0.29) is 11.3 Å². The third kappa shape index (κ3) is 6.94. The molecule has 0 aliphatic carbocycles. The minimum atomic E-state index is -3.21. The molecule has 0 heterocycles. The molecule has 0 fully saturated rings. The van der Waals surface area contributed by atoms with Crippen molar-refractivity contribution in [2.24, 2.45) is 0 Å². The molecule has 2 atom stereocenters. The van der Waals surface area contributed by atoms with Gasteiger partial charge < -0.3 is 10.4 Å². The fraction of sp³-hybridized carbons (Fsp3) is 0.381. The van der Waals surface area contributed by atoms with Crippen LogP contribution in [0, 0.1) is 23.7 Å². The van der Waals surface area contributed by atoms with Gasteiger partial charge in [0.15, 0.2) is 5.78 Å². The van der Waals surface area contributed by atoms with Crippen LogP contribution in [-0.2, 0) is 9.59 Å². The van der Waals surface area contributed by atoms with Gasteiger partial charge in [-0.05, 0) is 56.9 Å². The molecule has 1 aromatic carbocycles. The summed E-state index contributed by atoms with van der Waals surface area (Å²) < 4.78 is 25.9. The lowest BCUT2D eigenvalue weighted by atomic mass is 9.93. The van der Waals surface area contributed by atoms with Crippen LogP contribution in [0.15, 0.2) is 24.3 Å². The van der Waals surface area contributed by atoms with Crippen molar-refractivity contribution in [2.45, 2.75) is 51.7 Å². The first-order chi connectivity index (χ1) is 13.1. The normalized spacial score (nSPS) is 13.2. The molecule has 0 bridgehead atoms. The molecule has 0 spiro atoms. The standard InChI is InChI=1S/C21H21F2NO4/c1-14(25)8-6-4-5-7-9-16-10-12-17(13-11-16)19(27)24-18(15(2)26)21(3,28)20(22)23/h10-13,18,20,28H,6,8H2,1-3H3,(H,24,27)/t18-,21+/m1/s1. The third-order valence-electron chi connectivity index (χ3n) is 3.82. The first-order valence-corrected chi connectivity index (χ1v) is 8.46. The highest BCUT2D eigenvalue weighted by Gasteiger charge is 2.44. The number of ketones is 2. The molecule has 0 radical (unpaired) electrons. The van der Waals surface area contributed by atoms with E-state index in [2.05, 4.69) is 29.0 Å². The summed E-state index contributed by atoms with van der Waals surface area (Å²) in [6.07, 6.45) is -2.41. The van der Waals surface area contributed by atoms with Crippen LogP contribution in [0.3, 0.4) is 0 Å². The number of halogens is 2. The Bertz CT molecular complexity index is 852. The van der Waals surface area contributed by atoms with Crippen LogP contribution in [0.2, 0.25) is 0 Å². The lowest BCUT2D eigenvalue weighted by Gasteiger charge is -2.30. The number of carbonyl (C=O) groups is 3. The van der Waals surface area contributed by atoms with Crippen LogP contribution in [0.5, 0.6) is 0 Å². The van der Waals surface area contributed by atoms with Crippen molar-refractivity contribution in [3.8, 4) is 23.7 Å². The Morgan fingerprint density at radius 3 is 2.25 bits per heavy atom.